The number of hydrogen-bond acceptors (Lipinski definition) is 3. The summed E-state index contributed by atoms with van der Waals surface area (Å²) in [4.78, 5) is 14.8. The Labute approximate surface area is 148 Å². The van der Waals surface area contributed by atoms with Crippen molar-refractivity contribution in [1.29, 1.82) is 0 Å². The van der Waals surface area contributed by atoms with E-state index in [2.05, 4.69) is 21.2 Å². The number of nitrogens with zero attached hydrogens (tertiary/aromatic N) is 1. The number of para-hydroxylation sites is 1. The normalized spacial score (nSPS) is 16.6. The fourth-order valence-corrected chi connectivity index (χ4v) is 3.20. The molecule has 1 aliphatic heterocycles. The molecule has 1 aromatic heterocycles. The van der Waals surface area contributed by atoms with Crippen LogP contribution in [0.25, 0.3) is 0 Å². The summed E-state index contributed by atoms with van der Waals surface area (Å²) >= 11 is 3.45. The van der Waals surface area contributed by atoms with Crippen LogP contribution in [-0.4, -0.2) is 10.8 Å². The Hall–Kier alpha value is -2.53. The zero-order chi connectivity index (χ0) is 16.5. The molecular weight excluding hydrogens is 368 g/mol. The average molecular weight is 383 g/mol. The van der Waals surface area contributed by atoms with Crippen LogP contribution in [0.2, 0.25) is 0 Å². The SMILES string of the molecule is O=C1c2ccccc2NC(c2ccc(Br)cc2)N1Cc1ccco1. The molecule has 120 valence electrons. The number of anilines is 1. The molecular formula is C19H15BrN2O2. The van der Waals surface area contributed by atoms with Crippen LogP contribution in [0.4, 0.5) is 5.69 Å². The molecule has 1 amide bonds. The Kier molecular flexibility index (Phi) is 3.86. The highest BCUT2D eigenvalue weighted by molar-refractivity contribution is 9.10. The van der Waals surface area contributed by atoms with Gasteiger partial charge in [-0.3, -0.25) is 4.79 Å². The van der Waals surface area contributed by atoms with E-state index in [1.165, 1.54) is 0 Å². The van der Waals surface area contributed by atoms with E-state index in [4.69, 9.17) is 4.42 Å². The summed E-state index contributed by atoms with van der Waals surface area (Å²) in [5.74, 6) is 0.750. The van der Waals surface area contributed by atoms with Gasteiger partial charge in [-0.1, -0.05) is 40.2 Å². The van der Waals surface area contributed by atoms with E-state index in [0.717, 1.165) is 21.5 Å². The van der Waals surface area contributed by atoms with Gasteiger partial charge >= 0.3 is 0 Å². The van der Waals surface area contributed by atoms with Crippen LogP contribution in [0.3, 0.4) is 0 Å². The van der Waals surface area contributed by atoms with Gasteiger partial charge in [-0.05, 0) is 42.0 Å². The Morgan fingerprint density at radius 1 is 1.04 bits per heavy atom. The minimum absolute atomic E-state index is 0.00586. The lowest BCUT2D eigenvalue weighted by atomic mass is 10.0. The third-order valence-corrected chi connectivity index (χ3v) is 4.64. The van der Waals surface area contributed by atoms with E-state index < -0.39 is 0 Å². The van der Waals surface area contributed by atoms with Crippen molar-refractivity contribution in [2.24, 2.45) is 0 Å². The van der Waals surface area contributed by atoms with Crippen LogP contribution in [0.1, 0.15) is 27.8 Å². The number of rotatable bonds is 3. The molecule has 4 rings (SSSR count). The Balaban J connectivity index is 1.76. The van der Waals surface area contributed by atoms with E-state index in [9.17, 15) is 4.79 Å². The molecule has 1 N–H and O–H groups in total. The van der Waals surface area contributed by atoms with Gasteiger partial charge in [0.2, 0.25) is 0 Å². The van der Waals surface area contributed by atoms with Gasteiger partial charge in [0, 0.05) is 10.2 Å². The maximum Gasteiger partial charge on any atom is 0.258 e. The Bertz CT molecular complexity index is 859. The lowest BCUT2D eigenvalue weighted by Gasteiger charge is -2.37. The molecule has 0 saturated heterocycles. The van der Waals surface area contributed by atoms with Crippen LogP contribution in [0.15, 0.2) is 75.8 Å². The van der Waals surface area contributed by atoms with E-state index in [-0.39, 0.29) is 12.1 Å². The van der Waals surface area contributed by atoms with E-state index in [1.807, 2.05) is 60.7 Å². The number of amides is 1. The van der Waals surface area contributed by atoms with Gasteiger partial charge in [-0.15, -0.1) is 0 Å². The molecule has 24 heavy (non-hydrogen) atoms. The maximum atomic E-state index is 13.0. The molecule has 1 aliphatic rings. The van der Waals surface area contributed by atoms with E-state index >= 15 is 0 Å². The van der Waals surface area contributed by atoms with Crippen molar-refractivity contribution in [1.82, 2.24) is 4.90 Å². The van der Waals surface area contributed by atoms with Gasteiger partial charge < -0.3 is 14.6 Å². The standard InChI is InChI=1S/C19H15BrN2O2/c20-14-9-7-13(8-10-14)18-21-17-6-2-1-5-16(17)19(23)22(18)12-15-4-3-11-24-15/h1-11,18,21H,12H2. The largest absolute Gasteiger partial charge is 0.467 e. The molecule has 3 aromatic rings. The first kappa shape index (κ1) is 15.0. The second-order valence-electron chi connectivity index (χ2n) is 5.66. The number of nitrogens with one attached hydrogen (secondary N) is 1. The molecule has 1 unspecified atom stereocenters. The molecule has 4 nitrogen and oxygen atoms in total. The minimum Gasteiger partial charge on any atom is -0.467 e. The molecule has 0 saturated carbocycles. The third kappa shape index (κ3) is 2.71. The van der Waals surface area contributed by atoms with Gasteiger partial charge in [-0.25, -0.2) is 0 Å². The number of benzene rings is 2. The zero-order valence-electron chi connectivity index (χ0n) is 12.8. The molecule has 0 radical (unpaired) electrons. The summed E-state index contributed by atoms with van der Waals surface area (Å²) in [6.07, 6.45) is 1.38. The van der Waals surface area contributed by atoms with Crippen LogP contribution in [-0.2, 0) is 6.54 Å². The van der Waals surface area contributed by atoms with E-state index in [1.54, 1.807) is 11.2 Å². The summed E-state index contributed by atoms with van der Waals surface area (Å²) in [7, 11) is 0. The first-order valence-corrected chi connectivity index (χ1v) is 8.46. The fourth-order valence-electron chi connectivity index (χ4n) is 2.93. The van der Waals surface area contributed by atoms with Gasteiger partial charge in [0.25, 0.3) is 5.91 Å². The maximum absolute atomic E-state index is 13.0. The van der Waals surface area contributed by atoms with Crippen LogP contribution in [0, 0.1) is 0 Å². The quantitative estimate of drug-likeness (QED) is 0.706. The molecule has 0 spiro atoms. The predicted octanol–water partition coefficient (Wildman–Crippen LogP) is 4.81. The number of carbonyl (C=O) groups is 1. The molecule has 0 aliphatic carbocycles. The lowest BCUT2D eigenvalue weighted by molar-refractivity contribution is 0.0651. The molecule has 5 heteroatoms. The topological polar surface area (TPSA) is 45.5 Å². The number of fused-ring (bicyclic) bond motifs is 1. The van der Waals surface area contributed by atoms with Crippen molar-refractivity contribution in [2.45, 2.75) is 12.7 Å². The van der Waals surface area contributed by atoms with Crippen LogP contribution >= 0.6 is 15.9 Å². The second kappa shape index (κ2) is 6.17. The highest BCUT2D eigenvalue weighted by Crippen LogP contribution is 2.34. The van der Waals surface area contributed by atoms with Crippen molar-refractivity contribution in [3.63, 3.8) is 0 Å². The minimum atomic E-state index is -0.245. The smallest absolute Gasteiger partial charge is 0.258 e. The highest BCUT2D eigenvalue weighted by atomic mass is 79.9. The Morgan fingerprint density at radius 2 is 1.83 bits per heavy atom. The second-order valence-corrected chi connectivity index (χ2v) is 6.57. The number of carbonyl (C=O) groups excluding carboxylic acids is 1. The van der Waals surface area contributed by atoms with Gasteiger partial charge in [0.1, 0.15) is 11.9 Å². The van der Waals surface area contributed by atoms with Gasteiger partial charge in [0.05, 0.1) is 18.4 Å². The summed E-state index contributed by atoms with van der Waals surface area (Å²) in [5, 5.41) is 3.47. The molecule has 2 heterocycles. The third-order valence-electron chi connectivity index (χ3n) is 4.11. The van der Waals surface area contributed by atoms with Crippen molar-refractivity contribution in [3.05, 3.63) is 88.3 Å². The van der Waals surface area contributed by atoms with Crippen molar-refractivity contribution < 1.29 is 9.21 Å². The Morgan fingerprint density at radius 3 is 2.58 bits per heavy atom. The highest BCUT2D eigenvalue weighted by Gasteiger charge is 2.33. The summed E-state index contributed by atoms with van der Waals surface area (Å²) < 4.78 is 6.45. The predicted molar refractivity (Wildman–Crippen MR) is 95.5 cm³/mol. The fraction of sp³-hybridized carbons (Fsp3) is 0.105. The number of halogens is 1. The lowest BCUT2D eigenvalue weighted by Crippen LogP contribution is -2.42. The summed E-state index contributed by atoms with van der Waals surface area (Å²) in [6, 6.07) is 19.3. The number of hydrogen-bond donors (Lipinski definition) is 1. The molecule has 0 bridgehead atoms. The zero-order valence-corrected chi connectivity index (χ0v) is 14.4. The van der Waals surface area contributed by atoms with Gasteiger partial charge in [0.15, 0.2) is 0 Å². The first-order chi connectivity index (χ1) is 11.7. The first-order valence-electron chi connectivity index (χ1n) is 7.67. The molecule has 1 atom stereocenters. The van der Waals surface area contributed by atoms with Crippen molar-refractivity contribution in [2.75, 3.05) is 5.32 Å². The van der Waals surface area contributed by atoms with E-state index in [0.29, 0.717) is 12.1 Å². The van der Waals surface area contributed by atoms with Crippen LogP contribution in [0.5, 0.6) is 0 Å². The summed E-state index contributed by atoms with van der Waals surface area (Å²) in [6.45, 7) is 0.411. The van der Waals surface area contributed by atoms with Gasteiger partial charge in [-0.2, -0.15) is 0 Å². The van der Waals surface area contributed by atoms with Crippen molar-refractivity contribution >= 4 is 27.5 Å². The van der Waals surface area contributed by atoms with Crippen LogP contribution < -0.4 is 5.32 Å². The molecule has 0 fully saturated rings. The monoisotopic (exact) mass is 382 g/mol. The number of furan rings is 1. The van der Waals surface area contributed by atoms with Crippen molar-refractivity contribution in [3.8, 4) is 0 Å². The average Bonchev–Trinajstić information content (AvgIpc) is 3.11. The molecule has 2 aromatic carbocycles. The summed E-state index contributed by atoms with van der Waals surface area (Å²) in [5.41, 5.74) is 2.55.